The minimum absolute atomic E-state index is 0. The number of rotatable bonds is 7. The smallest absolute Gasteiger partial charge is 0.240 e. The fraction of sp³-hybridized carbons (Fsp3) is 0.562. The van der Waals surface area contributed by atoms with Crippen LogP contribution in [0.25, 0.3) is 0 Å². The maximum absolute atomic E-state index is 11.7. The van der Waals surface area contributed by atoms with Crippen LogP contribution in [0.2, 0.25) is 0 Å². The fourth-order valence-corrected chi connectivity index (χ4v) is 2.18. The van der Waals surface area contributed by atoms with E-state index in [0.29, 0.717) is 12.6 Å². The number of amides is 1. The van der Waals surface area contributed by atoms with Crippen molar-refractivity contribution in [2.45, 2.75) is 44.3 Å². The molecule has 3 N–H and O–H groups in total. The number of carbonyl (C=O) groups excluding carboxylic acids is 1. The lowest BCUT2D eigenvalue weighted by Crippen LogP contribution is -2.44. The summed E-state index contributed by atoms with van der Waals surface area (Å²) in [7, 11) is 2.12. The Bertz CT molecular complexity index is 452. The number of nitrogens with two attached hydrogens (primary N) is 1. The summed E-state index contributed by atoms with van der Waals surface area (Å²) in [5.74, 6) is 0.00964. The predicted molar refractivity (Wildman–Crippen MR) is 95.6 cm³/mol. The summed E-state index contributed by atoms with van der Waals surface area (Å²) in [5, 5.41) is 2.94. The molecule has 1 atom stereocenters. The van der Waals surface area contributed by atoms with Crippen molar-refractivity contribution < 1.29 is 4.79 Å². The Hall–Kier alpha value is -0.810. The van der Waals surface area contributed by atoms with Crippen molar-refractivity contribution in [2.75, 3.05) is 13.6 Å². The van der Waals surface area contributed by atoms with Crippen molar-refractivity contribution in [1.29, 1.82) is 0 Å². The van der Waals surface area contributed by atoms with Gasteiger partial charge in [-0.25, -0.2) is 0 Å². The van der Waals surface area contributed by atoms with E-state index >= 15 is 0 Å². The molecular weight excluding hydrogens is 321 g/mol. The molecule has 0 saturated heterocycles. The molecule has 1 aliphatic rings. The SMILES string of the molecule is CC(CCNC(=O)C1(N)CC1)N(C)Cc1ccccc1.Cl.Cl. The minimum Gasteiger partial charge on any atom is -0.354 e. The highest BCUT2D eigenvalue weighted by molar-refractivity contribution is 5.88. The van der Waals surface area contributed by atoms with Crippen LogP contribution in [0.1, 0.15) is 31.7 Å². The van der Waals surface area contributed by atoms with Crippen LogP contribution in [-0.2, 0) is 11.3 Å². The van der Waals surface area contributed by atoms with E-state index in [2.05, 4.69) is 48.5 Å². The van der Waals surface area contributed by atoms with Crippen molar-refractivity contribution in [1.82, 2.24) is 10.2 Å². The molecule has 22 heavy (non-hydrogen) atoms. The molecule has 4 nitrogen and oxygen atoms in total. The van der Waals surface area contributed by atoms with Gasteiger partial charge in [0.15, 0.2) is 0 Å². The number of hydrogen-bond acceptors (Lipinski definition) is 3. The molecule has 2 rings (SSSR count). The Kier molecular flexibility index (Phi) is 9.01. The molecule has 1 saturated carbocycles. The highest BCUT2D eigenvalue weighted by Crippen LogP contribution is 2.31. The number of nitrogens with zero attached hydrogens (tertiary/aromatic N) is 1. The molecule has 6 heteroatoms. The van der Waals surface area contributed by atoms with Crippen LogP contribution in [0.4, 0.5) is 0 Å². The lowest BCUT2D eigenvalue weighted by molar-refractivity contribution is -0.123. The van der Waals surface area contributed by atoms with Crippen molar-refractivity contribution in [2.24, 2.45) is 5.73 Å². The van der Waals surface area contributed by atoms with Gasteiger partial charge in [-0.2, -0.15) is 0 Å². The summed E-state index contributed by atoms with van der Waals surface area (Å²) in [6.45, 7) is 3.80. The molecule has 1 unspecified atom stereocenters. The quantitative estimate of drug-likeness (QED) is 0.795. The third-order valence-corrected chi connectivity index (χ3v) is 4.12. The van der Waals surface area contributed by atoms with Gasteiger partial charge in [-0.1, -0.05) is 30.3 Å². The zero-order valence-corrected chi connectivity index (χ0v) is 14.9. The molecule has 0 aromatic heterocycles. The number of hydrogen-bond donors (Lipinski definition) is 2. The van der Waals surface area contributed by atoms with Gasteiger partial charge in [-0.05, 0) is 38.8 Å². The van der Waals surface area contributed by atoms with E-state index < -0.39 is 5.54 Å². The molecule has 0 radical (unpaired) electrons. The number of carbonyl (C=O) groups is 1. The standard InChI is InChI=1S/C16H25N3O.2ClH/c1-13(8-11-18-15(20)16(17)9-10-16)19(2)12-14-6-4-3-5-7-14;;/h3-7,13H,8-12,17H2,1-2H3,(H,18,20);2*1H. The predicted octanol–water partition coefficient (Wildman–Crippen LogP) is 2.35. The van der Waals surface area contributed by atoms with Crippen LogP contribution < -0.4 is 11.1 Å². The Labute approximate surface area is 145 Å². The fourth-order valence-electron chi connectivity index (χ4n) is 2.18. The third-order valence-electron chi connectivity index (χ3n) is 4.12. The maximum Gasteiger partial charge on any atom is 0.240 e. The first-order valence-electron chi connectivity index (χ1n) is 7.32. The lowest BCUT2D eigenvalue weighted by atomic mass is 10.1. The summed E-state index contributed by atoms with van der Waals surface area (Å²) in [6, 6.07) is 10.8. The van der Waals surface area contributed by atoms with E-state index in [9.17, 15) is 4.79 Å². The van der Waals surface area contributed by atoms with Gasteiger partial charge in [0.1, 0.15) is 0 Å². The van der Waals surface area contributed by atoms with Gasteiger partial charge in [0, 0.05) is 19.1 Å². The van der Waals surface area contributed by atoms with Crippen molar-refractivity contribution >= 4 is 30.7 Å². The summed E-state index contributed by atoms with van der Waals surface area (Å²) in [6.07, 6.45) is 2.58. The molecule has 0 spiro atoms. The lowest BCUT2D eigenvalue weighted by Gasteiger charge is -2.25. The second-order valence-electron chi connectivity index (χ2n) is 5.95. The summed E-state index contributed by atoms with van der Waals surface area (Å²) < 4.78 is 0. The van der Waals surface area contributed by atoms with Gasteiger partial charge in [-0.3, -0.25) is 9.69 Å². The van der Waals surface area contributed by atoms with Crippen LogP contribution in [0, 0.1) is 0 Å². The van der Waals surface area contributed by atoms with E-state index in [-0.39, 0.29) is 30.7 Å². The Morgan fingerprint density at radius 2 is 1.91 bits per heavy atom. The highest BCUT2D eigenvalue weighted by Gasteiger charge is 2.45. The Morgan fingerprint density at radius 1 is 1.32 bits per heavy atom. The molecule has 1 fully saturated rings. The van der Waals surface area contributed by atoms with Gasteiger partial charge in [0.05, 0.1) is 5.54 Å². The first-order chi connectivity index (χ1) is 9.51. The minimum atomic E-state index is -0.556. The monoisotopic (exact) mass is 347 g/mol. The summed E-state index contributed by atoms with van der Waals surface area (Å²) in [4.78, 5) is 14.0. The Balaban J connectivity index is 0.00000220. The van der Waals surface area contributed by atoms with E-state index in [1.54, 1.807) is 0 Å². The Morgan fingerprint density at radius 3 is 2.45 bits per heavy atom. The molecule has 1 aromatic rings. The molecule has 0 bridgehead atoms. The van der Waals surface area contributed by atoms with Crippen LogP contribution in [0.15, 0.2) is 30.3 Å². The van der Waals surface area contributed by atoms with Crippen LogP contribution >= 0.6 is 24.8 Å². The normalized spacial score (nSPS) is 16.2. The number of benzene rings is 1. The van der Waals surface area contributed by atoms with Gasteiger partial charge >= 0.3 is 0 Å². The molecule has 1 aromatic carbocycles. The molecule has 0 heterocycles. The van der Waals surface area contributed by atoms with E-state index in [4.69, 9.17) is 5.73 Å². The van der Waals surface area contributed by atoms with Crippen molar-refractivity contribution in [3.8, 4) is 0 Å². The van der Waals surface area contributed by atoms with Gasteiger partial charge in [-0.15, -0.1) is 24.8 Å². The zero-order valence-electron chi connectivity index (χ0n) is 13.2. The molecule has 1 aliphatic carbocycles. The van der Waals surface area contributed by atoms with Gasteiger partial charge in [0.2, 0.25) is 5.91 Å². The molecule has 1 amide bonds. The highest BCUT2D eigenvalue weighted by atomic mass is 35.5. The molecular formula is C16H27Cl2N3O. The van der Waals surface area contributed by atoms with E-state index in [1.807, 2.05) is 6.07 Å². The topological polar surface area (TPSA) is 58.4 Å². The first-order valence-corrected chi connectivity index (χ1v) is 7.32. The van der Waals surface area contributed by atoms with Crippen LogP contribution in [0.3, 0.4) is 0 Å². The molecule has 126 valence electrons. The van der Waals surface area contributed by atoms with Crippen molar-refractivity contribution in [3.63, 3.8) is 0 Å². The third kappa shape index (κ3) is 6.13. The number of nitrogens with one attached hydrogen (secondary N) is 1. The van der Waals surface area contributed by atoms with Crippen LogP contribution in [-0.4, -0.2) is 36.0 Å². The zero-order chi connectivity index (χ0) is 14.6. The largest absolute Gasteiger partial charge is 0.354 e. The van der Waals surface area contributed by atoms with E-state index in [1.165, 1.54) is 5.56 Å². The maximum atomic E-state index is 11.7. The second-order valence-corrected chi connectivity index (χ2v) is 5.95. The molecule has 0 aliphatic heterocycles. The summed E-state index contributed by atoms with van der Waals surface area (Å²) in [5.41, 5.74) is 6.60. The average Bonchev–Trinajstić information content (AvgIpc) is 3.19. The number of halogens is 2. The van der Waals surface area contributed by atoms with Crippen LogP contribution in [0.5, 0.6) is 0 Å². The van der Waals surface area contributed by atoms with Gasteiger partial charge < -0.3 is 11.1 Å². The van der Waals surface area contributed by atoms with Crippen molar-refractivity contribution in [3.05, 3.63) is 35.9 Å². The second kappa shape index (κ2) is 9.36. The average molecular weight is 348 g/mol. The van der Waals surface area contributed by atoms with E-state index in [0.717, 1.165) is 25.8 Å². The van der Waals surface area contributed by atoms with Gasteiger partial charge in [0.25, 0.3) is 0 Å². The first kappa shape index (κ1) is 21.2. The summed E-state index contributed by atoms with van der Waals surface area (Å²) >= 11 is 0.